The number of ether oxygens (including phenoxy) is 1. The molecule has 2 aromatic heterocycles. The van der Waals surface area contributed by atoms with E-state index in [0.717, 1.165) is 15.8 Å². The van der Waals surface area contributed by atoms with Crippen LogP contribution < -0.4 is 15.7 Å². The first-order valence-corrected chi connectivity index (χ1v) is 11.1. The molecule has 0 unspecified atom stereocenters. The van der Waals surface area contributed by atoms with Crippen LogP contribution in [0.1, 0.15) is 11.1 Å². The number of hydrogen-bond acceptors (Lipinski definition) is 6. The Bertz CT molecular complexity index is 1300. The normalized spacial score (nSPS) is 10.9. The summed E-state index contributed by atoms with van der Waals surface area (Å²) in [5, 5.41) is 8.42. The Morgan fingerprint density at radius 2 is 1.97 bits per heavy atom. The van der Waals surface area contributed by atoms with Crippen LogP contribution in [0, 0.1) is 0 Å². The van der Waals surface area contributed by atoms with E-state index in [-0.39, 0.29) is 19.0 Å². The Morgan fingerprint density at radius 3 is 2.75 bits per heavy atom. The number of carbonyl (C=O) groups is 1. The number of halogens is 1. The largest absolute Gasteiger partial charge is 0.496 e. The van der Waals surface area contributed by atoms with Gasteiger partial charge in [0.25, 0.3) is 0 Å². The summed E-state index contributed by atoms with van der Waals surface area (Å²) >= 11 is 7.39. The third-order valence-corrected chi connectivity index (χ3v) is 6.01. The molecule has 0 radical (unpaired) electrons. The van der Waals surface area contributed by atoms with Crippen LogP contribution in [0.15, 0.2) is 70.7 Å². The van der Waals surface area contributed by atoms with Crippen LogP contribution >= 0.6 is 23.4 Å². The van der Waals surface area contributed by atoms with Gasteiger partial charge in [0.15, 0.2) is 5.65 Å². The predicted molar refractivity (Wildman–Crippen MR) is 123 cm³/mol. The lowest BCUT2D eigenvalue weighted by Gasteiger charge is -2.09. The second-order valence-corrected chi connectivity index (χ2v) is 8.27. The van der Waals surface area contributed by atoms with Crippen molar-refractivity contribution in [1.29, 1.82) is 0 Å². The molecule has 0 atom stereocenters. The quantitative estimate of drug-likeness (QED) is 0.399. The minimum Gasteiger partial charge on any atom is -0.496 e. The Labute approximate surface area is 193 Å². The monoisotopic (exact) mass is 469 g/mol. The van der Waals surface area contributed by atoms with Gasteiger partial charge >= 0.3 is 5.69 Å². The number of hydrogen-bond donors (Lipinski definition) is 1. The Kier molecular flexibility index (Phi) is 6.77. The summed E-state index contributed by atoms with van der Waals surface area (Å²) in [6, 6.07) is 14.9. The van der Waals surface area contributed by atoms with Crippen LogP contribution in [-0.4, -0.2) is 32.2 Å². The third kappa shape index (κ3) is 4.95. The van der Waals surface area contributed by atoms with Crippen molar-refractivity contribution in [2.75, 3.05) is 7.11 Å². The number of benzene rings is 2. The van der Waals surface area contributed by atoms with Crippen LogP contribution in [0.5, 0.6) is 5.75 Å². The molecular weight excluding hydrogens is 450 g/mol. The second kappa shape index (κ2) is 9.88. The molecule has 164 valence electrons. The van der Waals surface area contributed by atoms with Gasteiger partial charge in [-0.3, -0.25) is 4.79 Å². The van der Waals surface area contributed by atoms with E-state index in [1.807, 2.05) is 48.5 Å². The molecular formula is C22H20ClN5O3S. The first kappa shape index (κ1) is 21.9. The highest BCUT2D eigenvalue weighted by Crippen LogP contribution is 2.24. The summed E-state index contributed by atoms with van der Waals surface area (Å²) in [7, 11) is 1.58. The topological polar surface area (TPSA) is 90.5 Å². The lowest BCUT2D eigenvalue weighted by Crippen LogP contribution is -2.32. The fourth-order valence-electron chi connectivity index (χ4n) is 3.10. The first-order chi connectivity index (χ1) is 15.5. The van der Waals surface area contributed by atoms with Crippen molar-refractivity contribution in [2.24, 2.45) is 0 Å². The number of rotatable bonds is 8. The van der Waals surface area contributed by atoms with Gasteiger partial charge in [-0.25, -0.2) is 18.9 Å². The first-order valence-electron chi connectivity index (χ1n) is 9.75. The maximum absolute atomic E-state index is 12.7. The van der Waals surface area contributed by atoms with E-state index in [2.05, 4.69) is 15.4 Å². The van der Waals surface area contributed by atoms with Gasteiger partial charge in [0.1, 0.15) is 17.3 Å². The zero-order valence-electron chi connectivity index (χ0n) is 17.2. The van der Waals surface area contributed by atoms with Gasteiger partial charge < -0.3 is 10.1 Å². The van der Waals surface area contributed by atoms with E-state index in [4.69, 9.17) is 16.3 Å². The third-order valence-electron chi connectivity index (χ3n) is 4.72. The van der Waals surface area contributed by atoms with Gasteiger partial charge in [0, 0.05) is 35.3 Å². The Morgan fingerprint density at radius 1 is 1.19 bits per heavy atom. The fraction of sp³-hybridized carbons (Fsp3) is 0.182. The molecule has 4 rings (SSSR count). The molecule has 0 bridgehead atoms. The maximum atomic E-state index is 12.7. The lowest BCUT2D eigenvalue weighted by molar-refractivity contribution is -0.122. The van der Waals surface area contributed by atoms with E-state index in [1.165, 1.54) is 16.2 Å². The van der Waals surface area contributed by atoms with Crippen LogP contribution in [0.4, 0.5) is 0 Å². The molecule has 0 aliphatic carbocycles. The summed E-state index contributed by atoms with van der Waals surface area (Å²) in [5.74, 6) is 1.00. The number of methoxy groups -OCH3 is 1. The second-order valence-electron chi connectivity index (χ2n) is 6.87. The molecule has 32 heavy (non-hydrogen) atoms. The maximum Gasteiger partial charge on any atom is 0.350 e. The average molecular weight is 470 g/mol. The van der Waals surface area contributed by atoms with Crippen molar-refractivity contribution in [3.05, 3.63) is 87.6 Å². The Hall–Kier alpha value is -3.30. The van der Waals surface area contributed by atoms with E-state index < -0.39 is 5.69 Å². The molecule has 0 saturated carbocycles. The van der Waals surface area contributed by atoms with Crippen molar-refractivity contribution >= 4 is 34.9 Å². The molecule has 4 aromatic rings. The number of thioether (sulfide) groups is 1. The van der Waals surface area contributed by atoms with Crippen LogP contribution in [0.2, 0.25) is 5.02 Å². The summed E-state index contributed by atoms with van der Waals surface area (Å²) < 4.78 is 7.82. The minimum atomic E-state index is -0.400. The van der Waals surface area contributed by atoms with Crippen molar-refractivity contribution in [2.45, 2.75) is 23.9 Å². The van der Waals surface area contributed by atoms with Gasteiger partial charge in [-0.2, -0.15) is 0 Å². The SMILES string of the molecule is COc1ccccc1CNC(=O)Cn1nc2c(SCc3ccc(Cl)cc3)nccn2c1=O. The van der Waals surface area contributed by atoms with Crippen LogP contribution in [0.3, 0.4) is 0 Å². The number of amides is 1. The van der Waals surface area contributed by atoms with E-state index >= 15 is 0 Å². The van der Waals surface area contributed by atoms with E-state index in [0.29, 0.717) is 27.2 Å². The molecule has 0 aliphatic rings. The van der Waals surface area contributed by atoms with Crippen molar-refractivity contribution in [1.82, 2.24) is 24.5 Å². The summed E-state index contributed by atoms with van der Waals surface area (Å²) in [6.45, 7) is 0.0890. The average Bonchev–Trinajstić information content (AvgIpc) is 3.13. The van der Waals surface area contributed by atoms with Gasteiger partial charge in [0.05, 0.1) is 7.11 Å². The lowest BCUT2D eigenvalue weighted by atomic mass is 10.2. The zero-order chi connectivity index (χ0) is 22.5. The standard InChI is InChI=1S/C22H20ClN5O3S/c1-31-18-5-3-2-4-16(18)12-25-19(29)13-28-22(30)27-11-10-24-21(20(27)26-28)32-14-15-6-8-17(23)9-7-15/h2-11H,12-14H2,1H3,(H,25,29). The summed E-state index contributed by atoms with van der Waals surface area (Å²) in [6.07, 6.45) is 3.09. The molecule has 2 aromatic carbocycles. The van der Waals surface area contributed by atoms with E-state index in [1.54, 1.807) is 19.5 Å². The number of fused-ring (bicyclic) bond motifs is 1. The minimum absolute atomic E-state index is 0.197. The highest BCUT2D eigenvalue weighted by Gasteiger charge is 2.15. The number of nitrogens with zero attached hydrogens (tertiary/aromatic N) is 4. The van der Waals surface area contributed by atoms with Crippen LogP contribution in [-0.2, 0) is 23.6 Å². The number of carbonyl (C=O) groups excluding carboxylic acids is 1. The predicted octanol–water partition coefficient (Wildman–Crippen LogP) is 3.16. The number of nitrogens with one attached hydrogen (secondary N) is 1. The molecule has 1 N–H and O–H groups in total. The summed E-state index contributed by atoms with van der Waals surface area (Å²) in [5.41, 5.74) is 1.92. The highest BCUT2D eigenvalue weighted by molar-refractivity contribution is 7.98. The van der Waals surface area contributed by atoms with Crippen molar-refractivity contribution < 1.29 is 9.53 Å². The van der Waals surface area contributed by atoms with Gasteiger partial charge in [-0.15, -0.1) is 5.10 Å². The Balaban J connectivity index is 1.46. The number of para-hydroxylation sites is 1. The van der Waals surface area contributed by atoms with Crippen LogP contribution in [0.25, 0.3) is 5.65 Å². The molecule has 8 nitrogen and oxygen atoms in total. The van der Waals surface area contributed by atoms with Gasteiger partial charge in [0.2, 0.25) is 5.91 Å². The molecule has 0 fully saturated rings. The number of aromatic nitrogens is 4. The highest BCUT2D eigenvalue weighted by atomic mass is 35.5. The van der Waals surface area contributed by atoms with Crippen molar-refractivity contribution in [3.63, 3.8) is 0 Å². The molecule has 0 spiro atoms. The smallest absolute Gasteiger partial charge is 0.350 e. The molecule has 2 heterocycles. The fourth-order valence-corrected chi connectivity index (χ4v) is 4.12. The van der Waals surface area contributed by atoms with E-state index in [9.17, 15) is 9.59 Å². The van der Waals surface area contributed by atoms with Gasteiger partial charge in [-0.1, -0.05) is 53.7 Å². The summed E-state index contributed by atoms with van der Waals surface area (Å²) in [4.78, 5) is 29.5. The van der Waals surface area contributed by atoms with Crippen molar-refractivity contribution in [3.8, 4) is 5.75 Å². The molecule has 0 saturated heterocycles. The molecule has 10 heteroatoms. The molecule has 1 amide bonds. The van der Waals surface area contributed by atoms with Gasteiger partial charge in [-0.05, 0) is 23.8 Å². The molecule has 0 aliphatic heterocycles. The zero-order valence-corrected chi connectivity index (χ0v) is 18.8.